The molecule has 19 heavy (non-hydrogen) atoms. The number of fused-ring (bicyclic) bond motifs is 1. The second-order valence-corrected chi connectivity index (χ2v) is 5.69. The second-order valence-electron chi connectivity index (χ2n) is 5.69. The van der Waals surface area contributed by atoms with Gasteiger partial charge in [-0.3, -0.25) is 4.79 Å². The standard InChI is InChI=1S/C18H16O/c19-16-12-11-15-17(16)18(15,13-7-3-1-4-8-13)14-9-5-2-6-10-14/h1-10,15,17H,11-12H2. The minimum absolute atomic E-state index is 0.0299. The minimum atomic E-state index is -0.0299. The normalized spacial score (nSPS) is 27.1. The van der Waals surface area contributed by atoms with Crippen molar-refractivity contribution in [2.75, 3.05) is 0 Å². The van der Waals surface area contributed by atoms with Gasteiger partial charge in [-0.15, -0.1) is 0 Å². The molecule has 2 aliphatic carbocycles. The van der Waals surface area contributed by atoms with Crippen molar-refractivity contribution in [2.45, 2.75) is 18.3 Å². The van der Waals surface area contributed by atoms with Crippen molar-refractivity contribution in [3.63, 3.8) is 0 Å². The van der Waals surface area contributed by atoms with Crippen molar-refractivity contribution < 1.29 is 4.79 Å². The molecule has 2 fully saturated rings. The molecule has 2 aromatic rings. The Morgan fingerprint density at radius 2 is 1.37 bits per heavy atom. The highest BCUT2D eigenvalue weighted by Crippen LogP contribution is 2.69. The molecule has 4 rings (SSSR count). The van der Waals surface area contributed by atoms with E-state index in [4.69, 9.17) is 0 Å². The Morgan fingerprint density at radius 3 is 1.79 bits per heavy atom. The molecular formula is C18H16O. The van der Waals surface area contributed by atoms with Crippen LogP contribution in [0.25, 0.3) is 0 Å². The molecule has 0 N–H and O–H groups in total. The van der Waals surface area contributed by atoms with Crippen LogP contribution in [0.15, 0.2) is 60.7 Å². The highest BCUT2D eigenvalue weighted by Gasteiger charge is 2.71. The van der Waals surface area contributed by atoms with Gasteiger partial charge in [-0.25, -0.2) is 0 Å². The Hall–Kier alpha value is -1.89. The third kappa shape index (κ3) is 1.33. The van der Waals surface area contributed by atoms with E-state index in [9.17, 15) is 4.79 Å². The van der Waals surface area contributed by atoms with Gasteiger partial charge in [-0.05, 0) is 23.5 Å². The average molecular weight is 248 g/mol. The molecule has 2 saturated carbocycles. The third-order valence-corrected chi connectivity index (χ3v) is 4.92. The van der Waals surface area contributed by atoms with Crippen LogP contribution >= 0.6 is 0 Å². The molecular weight excluding hydrogens is 232 g/mol. The summed E-state index contributed by atoms with van der Waals surface area (Å²) in [5.74, 6) is 1.19. The van der Waals surface area contributed by atoms with E-state index in [2.05, 4.69) is 48.5 Å². The fourth-order valence-corrected chi connectivity index (χ4v) is 4.17. The first kappa shape index (κ1) is 11.0. The summed E-state index contributed by atoms with van der Waals surface area (Å²) < 4.78 is 0. The lowest BCUT2D eigenvalue weighted by Crippen LogP contribution is -2.19. The molecule has 2 atom stereocenters. The molecule has 2 aromatic carbocycles. The van der Waals surface area contributed by atoms with Gasteiger partial charge >= 0.3 is 0 Å². The molecule has 0 aliphatic heterocycles. The summed E-state index contributed by atoms with van der Waals surface area (Å²) in [4.78, 5) is 12.2. The third-order valence-electron chi connectivity index (χ3n) is 4.92. The Kier molecular flexibility index (Phi) is 2.20. The smallest absolute Gasteiger partial charge is 0.137 e. The summed E-state index contributed by atoms with van der Waals surface area (Å²) in [6, 6.07) is 21.1. The Morgan fingerprint density at radius 1 is 0.842 bits per heavy atom. The Balaban J connectivity index is 1.90. The van der Waals surface area contributed by atoms with Crippen LogP contribution in [-0.4, -0.2) is 5.78 Å². The maximum atomic E-state index is 12.2. The molecule has 1 heteroatoms. The number of Topliss-reactive ketones (excluding diaryl/α,β-unsaturated/α-hetero) is 1. The zero-order valence-electron chi connectivity index (χ0n) is 10.8. The predicted octanol–water partition coefficient (Wildman–Crippen LogP) is 3.58. The highest BCUT2D eigenvalue weighted by molar-refractivity contribution is 5.91. The largest absolute Gasteiger partial charge is 0.299 e. The lowest BCUT2D eigenvalue weighted by Gasteiger charge is -2.21. The minimum Gasteiger partial charge on any atom is -0.299 e. The fraction of sp³-hybridized carbons (Fsp3) is 0.278. The van der Waals surface area contributed by atoms with E-state index in [1.807, 2.05) is 12.1 Å². The molecule has 0 bridgehead atoms. The summed E-state index contributed by atoms with van der Waals surface area (Å²) in [6.45, 7) is 0. The van der Waals surface area contributed by atoms with Gasteiger partial charge < -0.3 is 0 Å². The number of benzene rings is 2. The van der Waals surface area contributed by atoms with E-state index < -0.39 is 0 Å². The van der Waals surface area contributed by atoms with Crippen molar-refractivity contribution >= 4 is 5.78 Å². The maximum Gasteiger partial charge on any atom is 0.137 e. The lowest BCUT2D eigenvalue weighted by atomic mass is 9.81. The number of hydrogen-bond donors (Lipinski definition) is 0. The number of ketones is 1. The van der Waals surface area contributed by atoms with Crippen LogP contribution in [0.1, 0.15) is 24.0 Å². The topological polar surface area (TPSA) is 17.1 Å². The molecule has 0 radical (unpaired) electrons. The monoisotopic (exact) mass is 248 g/mol. The van der Waals surface area contributed by atoms with Gasteiger partial charge in [-0.2, -0.15) is 0 Å². The van der Waals surface area contributed by atoms with Crippen LogP contribution in [0, 0.1) is 11.8 Å². The molecule has 94 valence electrons. The maximum absolute atomic E-state index is 12.2. The van der Waals surface area contributed by atoms with Gasteiger partial charge in [0.15, 0.2) is 0 Å². The first-order valence-electron chi connectivity index (χ1n) is 6.99. The molecule has 2 aliphatic rings. The van der Waals surface area contributed by atoms with Gasteiger partial charge in [-0.1, -0.05) is 60.7 Å². The quantitative estimate of drug-likeness (QED) is 0.794. The van der Waals surface area contributed by atoms with Crippen LogP contribution in [0.5, 0.6) is 0 Å². The van der Waals surface area contributed by atoms with Crippen molar-refractivity contribution in [3.8, 4) is 0 Å². The van der Waals surface area contributed by atoms with Crippen molar-refractivity contribution in [1.29, 1.82) is 0 Å². The zero-order valence-corrected chi connectivity index (χ0v) is 10.8. The van der Waals surface area contributed by atoms with E-state index in [-0.39, 0.29) is 11.3 Å². The molecule has 0 spiro atoms. The number of carbonyl (C=O) groups is 1. The number of rotatable bonds is 2. The van der Waals surface area contributed by atoms with Gasteiger partial charge in [0, 0.05) is 17.8 Å². The first-order valence-corrected chi connectivity index (χ1v) is 6.99. The van der Waals surface area contributed by atoms with Crippen LogP contribution in [-0.2, 0) is 10.2 Å². The Labute approximate surface area is 113 Å². The van der Waals surface area contributed by atoms with Crippen molar-refractivity contribution in [2.24, 2.45) is 11.8 Å². The van der Waals surface area contributed by atoms with Crippen LogP contribution in [0.2, 0.25) is 0 Å². The number of carbonyl (C=O) groups excluding carboxylic acids is 1. The average Bonchev–Trinajstić information content (AvgIpc) is 3.02. The van der Waals surface area contributed by atoms with E-state index in [0.29, 0.717) is 11.7 Å². The first-order chi connectivity index (χ1) is 9.35. The molecule has 1 nitrogen and oxygen atoms in total. The summed E-state index contributed by atoms with van der Waals surface area (Å²) in [5.41, 5.74) is 2.59. The van der Waals surface area contributed by atoms with Crippen LogP contribution < -0.4 is 0 Å². The van der Waals surface area contributed by atoms with Gasteiger partial charge in [0.05, 0.1) is 0 Å². The number of hydrogen-bond acceptors (Lipinski definition) is 1. The van der Waals surface area contributed by atoms with E-state index >= 15 is 0 Å². The summed E-state index contributed by atoms with van der Waals surface area (Å²) in [7, 11) is 0. The van der Waals surface area contributed by atoms with Crippen LogP contribution in [0.4, 0.5) is 0 Å². The van der Waals surface area contributed by atoms with Gasteiger partial charge in [0.25, 0.3) is 0 Å². The lowest BCUT2D eigenvalue weighted by molar-refractivity contribution is -0.119. The summed E-state index contributed by atoms with van der Waals surface area (Å²) in [6.07, 6.45) is 1.82. The molecule has 2 unspecified atom stereocenters. The fourth-order valence-electron chi connectivity index (χ4n) is 4.17. The van der Waals surface area contributed by atoms with E-state index in [1.165, 1.54) is 11.1 Å². The summed E-state index contributed by atoms with van der Waals surface area (Å²) >= 11 is 0. The van der Waals surface area contributed by atoms with Gasteiger partial charge in [0.1, 0.15) is 5.78 Å². The van der Waals surface area contributed by atoms with Gasteiger partial charge in [0.2, 0.25) is 0 Å². The van der Waals surface area contributed by atoms with E-state index in [1.54, 1.807) is 0 Å². The Bertz CT molecular complexity index is 575. The van der Waals surface area contributed by atoms with E-state index in [0.717, 1.165) is 12.8 Å². The molecule has 0 heterocycles. The van der Waals surface area contributed by atoms with Crippen molar-refractivity contribution in [3.05, 3.63) is 71.8 Å². The second kappa shape index (κ2) is 3.80. The molecule has 0 saturated heterocycles. The summed E-state index contributed by atoms with van der Waals surface area (Å²) in [5, 5.41) is 0. The predicted molar refractivity (Wildman–Crippen MR) is 74.9 cm³/mol. The highest BCUT2D eigenvalue weighted by atomic mass is 16.1. The van der Waals surface area contributed by atoms with Crippen molar-refractivity contribution in [1.82, 2.24) is 0 Å². The SMILES string of the molecule is O=C1CCC2C1C2(c1ccccc1)c1ccccc1. The van der Waals surface area contributed by atoms with Crippen LogP contribution in [0.3, 0.4) is 0 Å². The molecule has 0 amide bonds. The molecule has 0 aromatic heterocycles. The zero-order chi connectivity index (χ0) is 12.9.